The van der Waals surface area contributed by atoms with Crippen molar-refractivity contribution in [2.24, 2.45) is 0 Å². The van der Waals surface area contributed by atoms with Gasteiger partial charge in [0.25, 0.3) is 5.69 Å². The van der Waals surface area contributed by atoms with Gasteiger partial charge in [0.1, 0.15) is 5.75 Å². The van der Waals surface area contributed by atoms with Gasteiger partial charge in [0.15, 0.2) is 0 Å². The van der Waals surface area contributed by atoms with Gasteiger partial charge >= 0.3 is 5.97 Å². The fraction of sp³-hybridized carbons (Fsp3) is 0.417. The molecule has 0 aliphatic heterocycles. The Labute approximate surface area is 115 Å². The number of benzene rings is 1. The van der Waals surface area contributed by atoms with Crippen molar-refractivity contribution in [1.82, 2.24) is 0 Å². The van der Waals surface area contributed by atoms with Gasteiger partial charge in [-0.3, -0.25) is 14.9 Å². The number of nitro groups is 1. The van der Waals surface area contributed by atoms with Gasteiger partial charge in [-0.2, -0.15) is 0 Å². The molecule has 1 aromatic carbocycles. The van der Waals surface area contributed by atoms with Gasteiger partial charge in [-0.25, -0.2) is 0 Å². The smallest absolute Gasteiger partial charge is 0.310 e. The number of methoxy groups -OCH3 is 1. The predicted octanol–water partition coefficient (Wildman–Crippen LogP) is 2.45. The van der Waals surface area contributed by atoms with Crippen LogP contribution in [0.25, 0.3) is 0 Å². The summed E-state index contributed by atoms with van der Waals surface area (Å²) in [5.41, 5.74) is 0.585. The molecule has 1 rings (SSSR count). The van der Waals surface area contributed by atoms with Crippen molar-refractivity contribution in [3.63, 3.8) is 0 Å². The summed E-state index contributed by atoms with van der Waals surface area (Å²) in [4.78, 5) is 21.9. The summed E-state index contributed by atoms with van der Waals surface area (Å²) in [5, 5.41) is 11.0. The van der Waals surface area contributed by atoms with Crippen LogP contribution in [-0.2, 0) is 21.8 Å². The van der Waals surface area contributed by atoms with E-state index in [1.165, 1.54) is 19.2 Å². The lowest BCUT2D eigenvalue weighted by molar-refractivity contribution is -0.385. The highest BCUT2D eigenvalue weighted by Gasteiger charge is 2.20. The standard InChI is InChI=1S/C12H14ClNO5/c1-3-19-12(15)6-8-5-11(18-2)9(7-13)4-10(8)14(16)17/h4-5H,3,6-7H2,1-2H3. The van der Waals surface area contributed by atoms with Crippen LogP contribution in [0.4, 0.5) is 5.69 Å². The van der Waals surface area contributed by atoms with E-state index >= 15 is 0 Å². The van der Waals surface area contributed by atoms with Crippen LogP contribution in [0.3, 0.4) is 0 Å². The minimum absolute atomic E-state index is 0.0870. The molecular formula is C12H14ClNO5. The first-order valence-corrected chi connectivity index (χ1v) is 6.12. The van der Waals surface area contributed by atoms with Crippen molar-refractivity contribution >= 4 is 23.3 Å². The molecule has 0 radical (unpaired) electrons. The van der Waals surface area contributed by atoms with Gasteiger partial charge in [-0.15, -0.1) is 11.6 Å². The molecule has 0 heterocycles. The number of halogens is 1. The third-order valence-corrected chi connectivity index (χ3v) is 2.75. The Morgan fingerprint density at radius 2 is 2.11 bits per heavy atom. The van der Waals surface area contributed by atoms with Crippen LogP contribution in [0.15, 0.2) is 12.1 Å². The lowest BCUT2D eigenvalue weighted by atomic mass is 10.1. The molecule has 6 nitrogen and oxygen atoms in total. The molecular weight excluding hydrogens is 274 g/mol. The SMILES string of the molecule is CCOC(=O)Cc1cc(OC)c(CCl)cc1[N+](=O)[O-]. The van der Waals surface area contributed by atoms with Crippen LogP contribution in [0, 0.1) is 10.1 Å². The van der Waals surface area contributed by atoms with E-state index in [4.69, 9.17) is 21.1 Å². The lowest BCUT2D eigenvalue weighted by Crippen LogP contribution is -2.10. The third-order valence-electron chi connectivity index (χ3n) is 2.46. The van der Waals surface area contributed by atoms with Gasteiger partial charge in [0, 0.05) is 17.2 Å². The number of rotatable bonds is 6. The maximum atomic E-state index is 11.4. The Balaban J connectivity index is 3.19. The molecule has 0 N–H and O–H groups in total. The number of carbonyl (C=O) groups is 1. The molecule has 0 aromatic heterocycles. The molecule has 0 unspecified atom stereocenters. The molecule has 0 aliphatic carbocycles. The van der Waals surface area contributed by atoms with Gasteiger partial charge < -0.3 is 9.47 Å². The van der Waals surface area contributed by atoms with Crippen molar-refractivity contribution in [2.45, 2.75) is 19.2 Å². The summed E-state index contributed by atoms with van der Waals surface area (Å²) in [5.74, 6) is -0.0184. The highest BCUT2D eigenvalue weighted by Crippen LogP contribution is 2.30. The number of hydrogen-bond acceptors (Lipinski definition) is 5. The maximum Gasteiger partial charge on any atom is 0.310 e. The largest absolute Gasteiger partial charge is 0.496 e. The Hall–Kier alpha value is -1.82. The van der Waals surface area contributed by atoms with Gasteiger partial charge in [0.05, 0.1) is 30.9 Å². The second-order valence-electron chi connectivity index (χ2n) is 3.67. The Morgan fingerprint density at radius 3 is 2.58 bits per heavy atom. The topological polar surface area (TPSA) is 78.7 Å². The molecule has 1 aromatic rings. The van der Waals surface area contributed by atoms with E-state index in [9.17, 15) is 14.9 Å². The first kappa shape index (κ1) is 15.2. The highest BCUT2D eigenvalue weighted by molar-refractivity contribution is 6.17. The molecule has 0 fully saturated rings. The van der Waals surface area contributed by atoms with E-state index in [2.05, 4.69) is 0 Å². The van der Waals surface area contributed by atoms with Gasteiger partial charge in [0.2, 0.25) is 0 Å². The van der Waals surface area contributed by atoms with Crippen molar-refractivity contribution in [3.05, 3.63) is 33.4 Å². The van der Waals surface area contributed by atoms with E-state index in [-0.39, 0.29) is 30.2 Å². The van der Waals surface area contributed by atoms with Crippen molar-refractivity contribution in [1.29, 1.82) is 0 Å². The number of carbonyl (C=O) groups excluding carboxylic acids is 1. The Kier molecular flexibility index (Phi) is 5.57. The Morgan fingerprint density at radius 1 is 1.42 bits per heavy atom. The van der Waals surface area contributed by atoms with E-state index in [0.29, 0.717) is 11.3 Å². The fourth-order valence-electron chi connectivity index (χ4n) is 1.63. The molecule has 0 saturated heterocycles. The number of alkyl halides is 1. The summed E-state index contributed by atoms with van der Waals surface area (Å²) in [6, 6.07) is 2.77. The highest BCUT2D eigenvalue weighted by atomic mass is 35.5. The number of esters is 1. The van der Waals surface area contributed by atoms with Crippen LogP contribution in [0.2, 0.25) is 0 Å². The number of nitrogens with zero attached hydrogens (tertiary/aromatic N) is 1. The van der Waals surface area contributed by atoms with Crippen LogP contribution >= 0.6 is 11.6 Å². The molecule has 104 valence electrons. The number of hydrogen-bond donors (Lipinski definition) is 0. The zero-order chi connectivity index (χ0) is 14.4. The predicted molar refractivity (Wildman–Crippen MR) is 69.5 cm³/mol. The van der Waals surface area contributed by atoms with E-state index in [1.54, 1.807) is 6.92 Å². The Bertz CT molecular complexity index is 489. The zero-order valence-corrected chi connectivity index (χ0v) is 11.4. The van der Waals surface area contributed by atoms with E-state index < -0.39 is 10.9 Å². The second-order valence-corrected chi connectivity index (χ2v) is 3.93. The summed E-state index contributed by atoms with van der Waals surface area (Å²) in [6.45, 7) is 1.90. The maximum absolute atomic E-state index is 11.4. The lowest BCUT2D eigenvalue weighted by Gasteiger charge is -2.09. The van der Waals surface area contributed by atoms with Crippen molar-refractivity contribution in [3.8, 4) is 5.75 Å². The normalized spacial score (nSPS) is 10.1. The molecule has 0 amide bonds. The van der Waals surface area contributed by atoms with Crippen LogP contribution in [-0.4, -0.2) is 24.6 Å². The molecule has 0 aliphatic rings. The monoisotopic (exact) mass is 287 g/mol. The molecule has 0 bridgehead atoms. The summed E-state index contributed by atoms with van der Waals surface area (Å²) < 4.78 is 9.88. The average Bonchev–Trinajstić information content (AvgIpc) is 2.38. The molecule has 0 saturated carbocycles. The molecule has 19 heavy (non-hydrogen) atoms. The molecule has 0 spiro atoms. The molecule has 7 heteroatoms. The summed E-state index contributed by atoms with van der Waals surface area (Å²) in [6.07, 6.45) is -0.178. The number of ether oxygens (including phenoxy) is 2. The average molecular weight is 288 g/mol. The van der Waals surface area contributed by atoms with Crippen LogP contribution < -0.4 is 4.74 Å². The second kappa shape index (κ2) is 6.94. The van der Waals surface area contributed by atoms with E-state index in [1.807, 2.05) is 0 Å². The summed E-state index contributed by atoms with van der Waals surface area (Å²) in [7, 11) is 1.44. The van der Waals surface area contributed by atoms with Crippen molar-refractivity contribution in [2.75, 3.05) is 13.7 Å². The minimum atomic E-state index is -0.552. The van der Waals surface area contributed by atoms with Gasteiger partial charge in [-0.05, 0) is 13.0 Å². The van der Waals surface area contributed by atoms with Gasteiger partial charge in [-0.1, -0.05) is 0 Å². The first-order valence-electron chi connectivity index (χ1n) is 5.59. The number of nitro benzene ring substituents is 1. The first-order chi connectivity index (χ1) is 9.03. The van der Waals surface area contributed by atoms with Crippen molar-refractivity contribution < 1.29 is 19.2 Å². The third kappa shape index (κ3) is 3.82. The van der Waals surface area contributed by atoms with Crippen LogP contribution in [0.5, 0.6) is 5.75 Å². The van der Waals surface area contributed by atoms with E-state index in [0.717, 1.165) is 0 Å². The fourth-order valence-corrected chi connectivity index (χ4v) is 1.84. The molecule has 0 atom stereocenters. The quantitative estimate of drug-likeness (QED) is 0.347. The summed E-state index contributed by atoms with van der Waals surface area (Å²) >= 11 is 5.70. The van der Waals surface area contributed by atoms with Crippen LogP contribution in [0.1, 0.15) is 18.1 Å². The zero-order valence-electron chi connectivity index (χ0n) is 10.6. The minimum Gasteiger partial charge on any atom is -0.496 e.